The summed E-state index contributed by atoms with van der Waals surface area (Å²) >= 11 is 0. The lowest BCUT2D eigenvalue weighted by molar-refractivity contribution is -0.897. The number of methoxy groups -OCH3 is 1. The minimum Gasteiger partial charge on any atom is -0.548 e. The first kappa shape index (κ1) is 19.3. The van der Waals surface area contributed by atoms with Gasteiger partial charge in [-0.2, -0.15) is 0 Å². The first-order chi connectivity index (χ1) is 9.45. The number of likely N-dealkylation sites (N-methyl/N-ethyl adjacent to an activating group) is 1. The Balaban J connectivity index is 0.000000361. The van der Waals surface area contributed by atoms with Crippen LogP contribution in [0.3, 0.4) is 0 Å². The maximum Gasteiger partial charge on any atom is 0.102 e. The second-order valence-corrected chi connectivity index (χ2v) is 5.70. The first-order valence-electron chi connectivity index (χ1n) is 7.44. The van der Waals surface area contributed by atoms with Crippen LogP contribution in [0.15, 0.2) is 0 Å². The van der Waals surface area contributed by atoms with Crippen LogP contribution >= 0.6 is 0 Å². The van der Waals surface area contributed by atoms with Crippen LogP contribution in [0.25, 0.3) is 0 Å². The largest absolute Gasteiger partial charge is 0.548 e. The smallest absolute Gasteiger partial charge is 0.102 e. The molecule has 120 valence electrons. The molecule has 0 aromatic heterocycles. The van der Waals surface area contributed by atoms with Crippen LogP contribution in [-0.4, -0.2) is 63.4 Å². The zero-order valence-electron chi connectivity index (χ0n) is 13.0. The molecule has 1 saturated heterocycles. The van der Waals surface area contributed by atoms with Crippen molar-refractivity contribution in [2.24, 2.45) is 11.5 Å². The van der Waals surface area contributed by atoms with Gasteiger partial charge in [-0.05, 0) is 19.4 Å². The number of carboxylic acid groups (broad SMARTS) is 1. The van der Waals surface area contributed by atoms with E-state index in [0.717, 1.165) is 19.4 Å². The van der Waals surface area contributed by atoms with Crippen LogP contribution in [0.5, 0.6) is 0 Å². The van der Waals surface area contributed by atoms with Crippen LogP contribution in [-0.2, 0) is 9.53 Å². The van der Waals surface area contributed by atoms with Gasteiger partial charge < -0.3 is 30.6 Å². The third kappa shape index (κ3) is 9.25. The van der Waals surface area contributed by atoms with E-state index >= 15 is 0 Å². The number of ether oxygens (including phenoxy) is 1. The van der Waals surface area contributed by atoms with E-state index in [-0.39, 0.29) is 0 Å². The van der Waals surface area contributed by atoms with Crippen molar-refractivity contribution in [1.82, 2.24) is 0 Å². The molecule has 0 bridgehead atoms. The van der Waals surface area contributed by atoms with Gasteiger partial charge in [-0.25, -0.2) is 0 Å². The fraction of sp³-hybridized carbons (Fsp3) is 0.929. The molecule has 6 heteroatoms. The molecule has 1 aliphatic heterocycles. The van der Waals surface area contributed by atoms with Gasteiger partial charge in [0.2, 0.25) is 0 Å². The van der Waals surface area contributed by atoms with Crippen LogP contribution in [0, 0.1) is 0 Å². The van der Waals surface area contributed by atoms with Gasteiger partial charge in [0, 0.05) is 26.0 Å². The average Bonchev–Trinajstić information content (AvgIpc) is 2.84. The molecule has 20 heavy (non-hydrogen) atoms. The number of hydrogen-bond donors (Lipinski definition) is 2. The lowest BCUT2D eigenvalue weighted by Gasteiger charge is -2.28. The Bertz CT molecular complexity index is 256. The Morgan fingerprint density at radius 2 is 1.95 bits per heavy atom. The molecule has 1 rings (SSSR count). The van der Waals surface area contributed by atoms with Gasteiger partial charge in [0.15, 0.2) is 0 Å². The zero-order chi connectivity index (χ0) is 15.4. The Morgan fingerprint density at radius 1 is 1.35 bits per heavy atom. The molecular formula is C14H31N3O3. The molecule has 0 radical (unpaired) electrons. The van der Waals surface area contributed by atoms with E-state index < -0.39 is 12.0 Å². The fourth-order valence-corrected chi connectivity index (χ4v) is 2.26. The standard InChI is InChI=1S/C8H18NO.C6H14N2O2/c1-9(7-8-10-2)5-3-4-6-9;7-4-2-1-3-5(8)6(9)10/h3-8H2,1-2H3;5H,1-4,7-8H2,(H,9,10)/q+1;/p-1. The van der Waals surface area contributed by atoms with Crippen molar-refractivity contribution in [3.8, 4) is 0 Å². The van der Waals surface area contributed by atoms with Crippen molar-refractivity contribution in [1.29, 1.82) is 0 Å². The SMILES string of the molecule is COCC[N+]1(C)CCCC1.NCCCCC(N)C(=O)[O-]. The zero-order valence-corrected chi connectivity index (χ0v) is 13.0. The van der Waals surface area contributed by atoms with Gasteiger partial charge in [0.1, 0.15) is 6.54 Å². The molecule has 1 atom stereocenters. The van der Waals surface area contributed by atoms with E-state index in [0.29, 0.717) is 13.0 Å². The summed E-state index contributed by atoms with van der Waals surface area (Å²) in [6.07, 6.45) is 4.84. The van der Waals surface area contributed by atoms with Gasteiger partial charge in [0.05, 0.1) is 32.7 Å². The third-order valence-corrected chi connectivity index (χ3v) is 3.75. The van der Waals surface area contributed by atoms with Gasteiger partial charge >= 0.3 is 0 Å². The van der Waals surface area contributed by atoms with Crippen LogP contribution < -0.4 is 16.6 Å². The highest BCUT2D eigenvalue weighted by Gasteiger charge is 2.25. The Hall–Kier alpha value is -0.690. The summed E-state index contributed by atoms with van der Waals surface area (Å²) in [5.74, 6) is -1.18. The van der Waals surface area contributed by atoms with E-state index in [4.69, 9.17) is 16.2 Å². The molecule has 1 heterocycles. The third-order valence-electron chi connectivity index (χ3n) is 3.75. The lowest BCUT2D eigenvalue weighted by Crippen LogP contribution is -2.43. The van der Waals surface area contributed by atoms with E-state index in [2.05, 4.69) is 7.05 Å². The summed E-state index contributed by atoms with van der Waals surface area (Å²) in [5, 5.41) is 10.0. The van der Waals surface area contributed by atoms with Crippen LogP contribution in [0.2, 0.25) is 0 Å². The number of likely N-dealkylation sites (tertiary alicyclic amines) is 1. The maximum atomic E-state index is 10.0. The van der Waals surface area contributed by atoms with Crippen molar-refractivity contribution in [3.63, 3.8) is 0 Å². The van der Waals surface area contributed by atoms with Crippen molar-refractivity contribution < 1.29 is 19.1 Å². The summed E-state index contributed by atoms with van der Waals surface area (Å²) in [6, 6.07) is -0.827. The van der Waals surface area contributed by atoms with Crippen molar-refractivity contribution in [3.05, 3.63) is 0 Å². The van der Waals surface area contributed by atoms with Crippen molar-refractivity contribution >= 4 is 5.97 Å². The van der Waals surface area contributed by atoms with Crippen LogP contribution in [0.1, 0.15) is 32.1 Å². The molecule has 6 nitrogen and oxygen atoms in total. The first-order valence-corrected chi connectivity index (χ1v) is 7.44. The highest BCUT2D eigenvalue weighted by atomic mass is 16.5. The molecule has 0 aromatic rings. The van der Waals surface area contributed by atoms with Gasteiger partial charge in [0.25, 0.3) is 0 Å². The van der Waals surface area contributed by atoms with Crippen molar-refractivity contribution in [2.45, 2.75) is 38.1 Å². The summed E-state index contributed by atoms with van der Waals surface area (Å²) in [7, 11) is 4.11. The molecule has 0 aliphatic carbocycles. The predicted octanol–water partition coefficient (Wildman–Crippen LogP) is -0.934. The quantitative estimate of drug-likeness (QED) is 0.444. The Kier molecular flexibility index (Phi) is 10.6. The summed E-state index contributed by atoms with van der Waals surface area (Å²) < 4.78 is 6.28. The second-order valence-electron chi connectivity index (χ2n) is 5.70. The molecule has 0 aromatic carbocycles. The summed E-state index contributed by atoms with van der Waals surface area (Å²) in [5.41, 5.74) is 10.3. The maximum absolute atomic E-state index is 10.0. The number of carboxylic acids is 1. The molecule has 0 saturated carbocycles. The number of rotatable bonds is 8. The highest BCUT2D eigenvalue weighted by molar-refractivity contribution is 5.70. The monoisotopic (exact) mass is 289 g/mol. The highest BCUT2D eigenvalue weighted by Crippen LogP contribution is 2.15. The van der Waals surface area contributed by atoms with E-state index in [1.54, 1.807) is 7.11 Å². The molecule has 1 aliphatic rings. The van der Waals surface area contributed by atoms with Gasteiger partial charge in [-0.1, -0.05) is 6.42 Å². The molecule has 4 N–H and O–H groups in total. The number of nitrogens with two attached hydrogens (primary N) is 2. The minimum atomic E-state index is -1.18. The number of quaternary nitrogens is 1. The summed E-state index contributed by atoms with van der Waals surface area (Å²) in [6.45, 7) is 5.39. The number of unbranched alkanes of at least 4 members (excludes halogenated alkanes) is 1. The second kappa shape index (κ2) is 11.0. The average molecular weight is 289 g/mol. The van der Waals surface area contributed by atoms with Gasteiger partial charge in [-0.3, -0.25) is 0 Å². The Labute approximate surface area is 122 Å². The number of hydrogen-bond acceptors (Lipinski definition) is 5. The molecule has 1 fully saturated rings. The molecule has 0 amide bonds. The van der Waals surface area contributed by atoms with E-state index in [1.807, 2.05) is 0 Å². The summed E-state index contributed by atoms with van der Waals surface area (Å²) in [4.78, 5) is 10.0. The van der Waals surface area contributed by atoms with E-state index in [9.17, 15) is 9.90 Å². The molecule has 0 spiro atoms. The number of nitrogens with zero attached hydrogens (tertiary/aromatic N) is 1. The molecular weight excluding hydrogens is 258 g/mol. The van der Waals surface area contributed by atoms with Crippen molar-refractivity contribution in [2.75, 3.05) is 46.9 Å². The lowest BCUT2D eigenvalue weighted by atomic mass is 10.1. The topological polar surface area (TPSA) is 101 Å². The Morgan fingerprint density at radius 3 is 2.40 bits per heavy atom. The predicted molar refractivity (Wildman–Crippen MR) is 77.8 cm³/mol. The molecule has 1 unspecified atom stereocenters. The minimum absolute atomic E-state index is 0.458. The van der Waals surface area contributed by atoms with E-state index in [1.165, 1.54) is 37.0 Å². The van der Waals surface area contributed by atoms with Gasteiger partial charge in [-0.15, -0.1) is 0 Å². The normalized spacial score (nSPS) is 18.2. The van der Waals surface area contributed by atoms with Crippen LogP contribution in [0.4, 0.5) is 0 Å². The number of aliphatic carboxylic acids is 1. The number of carbonyl (C=O) groups is 1. The fourth-order valence-electron chi connectivity index (χ4n) is 2.26. The number of carbonyl (C=O) groups excluding carboxylic acids is 1.